The van der Waals surface area contributed by atoms with Crippen LogP contribution in [-0.4, -0.2) is 46.8 Å². The Labute approximate surface area is 188 Å². The summed E-state index contributed by atoms with van der Waals surface area (Å²) in [6, 6.07) is 12.8. The molecule has 1 aromatic heterocycles. The number of anilines is 1. The van der Waals surface area contributed by atoms with Crippen molar-refractivity contribution in [1.82, 2.24) is 14.7 Å². The second-order valence-electron chi connectivity index (χ2n) is 8.98. The van der Waals surface area contributed by atoms with E-state index in [-0.39, 0.29) is 11.3 Å². The van der Waals surface area contributed by atoms with Gasteiger partial charge in [0.1, 0.15) is 6.07 Å². The molecule has 3 aromatic rings. The quantitative estimate of drug-likeness (QED) is 0.592. The average Bonchev–Trinajstić information content (AvgIpc) is 3.37. The fraction of sp³-hybridized carbons (Fsp3) is 0.346. The van der Waals surface area contributed by atoms with Crippen molar-refractivity contribution >= 4 is 22.5 Å². The van der Waals surface area contributed by atoms with E-state index in [1.54, 1.807) is 6.92 Å². The molecule has 5 rings (SSSR count). The second kappa shape index (κ2) is 7.43. The van der Waals surface area contributed by atoms with Gasteiger partial charge in [-0.3, -0.25) is 9.48 Å². The Morgan fingerprint density at radius 3 is 2.75 bits per heavy atom. The van der Waals surface area contributed by atoms with Gasteiger partial charge in [0.05, 0.1) is 23.0 Å². The summed E-state index contributed by atoms with van der Waals surface area (Å²) in [6.45, 7) is 6.99. The molecule has 1 spiro atoms. The van der Waals surface area contributed by atoms with Crippen LogP contribution in [0.3, 0.4) is 0 Å². The minimum absolute atomic E-state index is 0.0870. The number of nitriles is 1. The minimum atomic E-state index is -0.0870. The highest BCUT2D eigenvalue weighted by molar-refractivity contribution is 5.98. The molecule has 2 aliphatic heterocycles. The summed E-state index contributed by atoms with van der Waals surface area (Å²) >= 11 is 0. The number of rotatable bonds is 2. The molecule has 3 heterocycles. The Morgan fingerprint density at radius 2 is 2.00 bits per heavy atom. The maximum absolute atomic E-state index is 12.1. The van der Waals surface area contributed by atoms with Crippen LogP contribution in [0.1, 0.15) is 24.5 Å². The number of amides is 1. The van der Waals surface area contributed by atoms with Crippen molar-refractivity contribution in [3.05, 3.63) is 47.7 Å². The van der Waals surface area contributed by atoms with Crippen LogP contribution < -0.4 is 4.90 Å². The van der Waals surface area contributed by atoms with Gasteiger partial charge in [-0.1, -0.05) is 30.2 Å². The van der Waals surface area contributed by atoms with E-state index in [0.29, 0.717) is 5.56 Å². The first-order chi connectivity index (χ1) is 15.5. The molecule has 1 amide bonds. The van der Waals surface area contributed by atoms with E-state index >= 15 is 0 Å². The molecule has 32 heavy (non-hydrogen) atoms. The molecule has 2 aromatic carbocycles. The fourth-order valence-electron chi connectivity index (χ4n) is 5.33. The van der Waals surface area contributed by atoms with Crippen LogP contribution in [-0.2, 0) is 11.8 Å². The molecule has 0 N–H and O–H groups in total. The average molecular weight is 424 g/mol. The number of fused-ring (bicyclic) bond motifs is 1. The third-order valence-corrected chi connectivity index (χ3v) is 6.89. The van der Waals surface area contributed by atoms with Gasteiger partial charge in [0.15, 0.2) is 0 Å². The van der Waals surface area contributed by atoms with E-state index in [2.05, 4.69) is 47.0 Å². The first-order valence-corrected chi connectivity index (χ1v) is 10.9. The number of aryl methyl sites for hydroxylation is 2. The second-order valence-corrected chi connectivity index (χ2v) is 8.98. The largest absolute Gasteiger partial charge is 0.370 e. The molecular formula is C26H25N5O. The summed E-state index contributed by atoms with van der Waals surface area (Å²) in [7, 11) is 1.94. The van der Waals surface area contributed by atoms with Gasteiger partial charge < -0.3 is 9.80 Å². The molecule has 0 aliphatic carbocycles. The van der Waals surface area contributed by atoms with E-state index in [0.717, 1.165) is 65.9 Å². The maximum atomic E-state index is 12.1. The van der Waals surface area contributed by atoms with Gasteiger partial charge >= 0.3 is 0 Å². The highest BCUT2D eigenvalue weighted by atomic mass is 16.2. The Morgan fingerprint density at radius 1 is 1.19 bits per heavy atom. The van der Waals surface area contributed by atoms with Crippen molar-refractivity contribution in [1.29, 1.82) is 5.26 Å². The lowest BCUT2D eigenvalue weighted by molar-refractivity contribution is -0.135. The fourth-order valence-corrected chi connectivity index (χ4v) is 5.33. The summed E-state index contributed by atoms with van der Waals surface area (Å²) in [4.78, 5) is 16.2. The summed E-state index contributed by atoms with van der Waals surface area (Å²) in [5.41, 5.74) is 5.95. The number of hydrogen-bond donors (Lipinski definition) is 0. The van der Waals surface area contributed by atoms with Crippen LogP contribution in [0.4, 0.5) is 5.69 Å². The van der Waals surface area contributed by atoms with Crippen LogP contribution in [0.5, 0.6) is 0 Å². The number of hydrogen-bond acceptors (Lipinski definition) is 4. The van der Waals surface area contributed by atoms with Crippen molar-refractivity contribution in [2.75, 3.05) is 31.1 Å². The van der Waals surface area contributed by atoms with Crippen LogP contribution in [0.2, 0.25) is 0 Å². The lowest BCUT2D eigenvalue weighted by Crippen LogP contribution is -2.59. The third-order valence-electron chi connectivity index (χ3n) is 6.89. The number of aromatic nitrogens is 2. The lowest BCUT2D eigenvalue weighted by Gasteiger charge is -2.47. The number of carbonyl (C=O) groups is 1. The Hall–Kier alpha value is -3.77. The van der Waals surface area contributed by atoms with Gasteiger partial charge in [-0.15, -0.1) is 0 Å². The number of likely N-dealkylation sites (tertiary alicyclic amines) is 1. The molecule has 6 heteroatoms. The van der Waals surface area contributed by atoms with Crippen molar-refractivity contribution in [3.63, 3.8) is 0 Å². The smallest absolute Gasteiger partial charge is 0.298 e. The SMILES string of the molecule is CC#CC(=O)N1CC2(CCN(c3cccc(-c4c(C)ccc5cnn(C)c45)c3C#N)C2)C1. The van der Waals surface area contributed by atoms with Gasteiger partial charge in [0.2, 0.25) is 0 Å². The standard InChI is InChI=1S/C26H25N5O/c1-4-6-23(32)31-16-26(17-31)11-12-30(15-26)22-8-5-7-20(21(22)13-27)24-18(2)9-10-19-14-28-29(3)25(19)24/h5,7-10,14H,11-12,15-17H2,1-3H3. The zero-order valence-electron chi connectivity index (χ0n) is 18.6. The minimum Gasteiger partial charge on any atom is -0.370 e. The van der Waals surface area contributed by atoms with Gasteiger partial charge in [0.25, 0.3) is 5.91 Å². The molecule has 0 saturated carbocycles. The summed E-state index contributed by atoms with van der Waals surface area (Å²) < 4.78 is 1.88. The van der Waals surface area contributed by atoms with Gasteiger partial charge in [-0.25, -0.2) is 0 Å². The molecule has 0 bridgehead atoms. The molecule has 160 valence electrons. The Balaban J connectivity index is 1.50. The predicted molar refractivity (Wildman–Crippen MR) is 125 cm³/mol. The molecule has 2 saturated heterocycles. The summed E-state index contributed by atoms with van der Waals surface area (Å²) in [5.74, 6) is 5.24. The van der Waals surface area contributed by atoms with E-state index in [1.807, 2.05) is 41.0 Å². The van der Waals surface area contributed by atoms with Gasteiger partial charge in [0, 0.05) is 55.2 Å². The predicted octanol–water partition coefficient (Wildman–Crippen LogP) is 3.48. The first kappa shape index (κ1) is 20.2. The number of benzene rings is 2. The van der Waals surface area contributed by atoms with Crippen LogP contribution >= 0.6 is 0 Å². The summed E-state index contributed by atoms with van der Waals surface area (Å²) in [6.07, 6.45) is 2.88. The normalized spacial score (nSPS) is 16.6. The zero-order chi connectivity index (χ0) is 22.5. The number of nitrogens with zero attached hydrogens (tertiary/aromatic N) is 5. The Kier molecular flexibility index (Phi) is 4.68. The van der Waals surface area contributed by atoms with Gasteiger partial charge in [-0.2, -0.15) is 10.4 Å². The summed E-state index contributed by atoms with van der Waals surface area (Å²) in [5, 5.41) is 15.7. The molecule has 2 aliphatic rings. The van der Waals surface area contributed by atoms with E-state index in [9.17, 15) is 10.1 Å². The zero-order valence-corrected chi connectivity index (χ0v) is 18.6. The molecule has 0 unspecified atom stereocenters. The molecule has 6 nitrogen and oxygen atoms in total. The van der Waals surface area contributed by atoms with E-state index < -0.39 is 0 Å². The van der Waals surface area contributed by atoms with Gasteiger partial charge in [-0.05, 0) is 37.8 Å². The van der Waals surface area contributed by atoms with Crippen LogP contribution in [0.15, 0.2) is 36.5 Å². The molecule has 2 fully saturated rings. The molecule has 0 atom stereocenters. The van der Waals surface area contributed by atoms with Crippen molar-refractivity contribution in [2.24, 2.45) is 12.5 Å². The highest BCUT2D eigenvalue weighted by Crippen LogP contribution is 2.43. The molecular weight excluding hydrogens is 398 g/mol. The van der Waals surface area contributed by atoms with Crippen LogP contribution in [0, 0.1) is 35.5 Å². The van der Waals surface area contributed by atoms with Crippen molar-refractivity contribution < 1.29 is 4.79 Å². The van der Waals surface area contributed by atoms with Crippen molar-refractivity contribution in [3.8, 4) is 29.0 Å². The molecule has 0 radical (unpaired) electrons. The lowest BCUT2D eigenvalue weighted by atomic mass is 9.79. The monoisotopic (exact) mass is 423 g/mol. The van der Waals surface area contributed by atoms with Crippen LogP contribution in [0.25, 0.3) is 22.0 Å². The topological polar surface area (TPSA) is 65.2 Å². The van der Waals surface area contributed by atoms with Crippen molar-refractivity contribution in [2.45, 2.75) is 20.3 Å². The maximum Gasteiger partial charge on any atom is 0.298 e. The van der Waals surface area contributed by atoms with E-state index in [4.69, 9.17) is 0 Å². The third kappa shape index (κ3) is 3.03. The number of carbonyl (C=O) groups excluding carboxylic acids is 1. The Bertz CT molecular complexity index is 1340. The highest BCUT2D eigenvalue weighted by Gasteiger charge is 2.49. The van der Waals surface area contributed by atoms with E-state index in [1.165, 1.54) is 0 Å². The first-order valence-electron chi connectivity index (χ1n) is 10.9.